The van der Waals surface area contributed by atoms with Gasteiger partial charge in [0.1, 0.15) is 6.10 Å². The summed E-state index contributed by atoms with van der Waals surface area (Å²) >= 11 is 0. The molecule has 2 saturated carbocycles. The minimum Gasteiger partial charge on any atom is -0.383 e. The van der Waals surface area contributed by atoms with Gasteiger partial charge in [0.2, 0.25) is 5.91 Å². The van der Waals surface area contributed by atoms with Crippen LogP contribution in [0.3, 0.4) is 0 Å². The predicted molar refractivity (Wildman–Crippen MR) is 72.0 cm³/mol. The molecular weight excluding hydrogens is 226 g/mol. The number of carbonyl (C=O) groups is 1. The molecule has 2 bridgehead atoms. The topological polar surface area (TPSA) is 49.3 Å². The van der Waals surface area contributed by atoms with Crippen LogP contribution in [-0.4, -0.2) is 23.2 Å². The first kappa shape index (κ1) is 13.9. The second kappa shape index (κ2) is 4.22. The van der Waals surface area contributed by atoms with E-state index in [4.69, 9.17) is 0 Å². The van der Waals surface area contributed by atoms with Gasteiger partial charge in [0, 0.05) is 6.04 Å². The van der Waals surface area contributed by atoms with Crippen molar-refractivity contribution in [1.29, 1.82) is 0 Å². The van der Waals surface area contributed by atoms with E-state index in [1.807, 2.05) is 13.8 Å². The molecule has 104 valence electrons. The number of nitrogens with one attached hydrogen (secondary N) is 1. The van der Waals surface area contributed by atoms with E-state index in [2.05, 4.69) is 26.1 Å². The third kappa shape index (κ3) is 1.78. The smallest absolute Gasteiger partial charge is 0.249 e. The molecule has 2 fully saturated rings. The maximum atomic E-state index is 12.0. The lowest BCUT2D eigenvalue weighted by atomic mass is 9.69. The molecule has 0 saturated heterocycles. The van der Waals surface area contributed by atoms with Crippen molar-refractivity contribution in [2.45, 2.75) is 66.0 Å². The Bertz CT molecular complexity index is 350. The van der Waals surface area contributed by atoms with Crippen LogP contribution in [0, 0.1) is 22.7 Å². The van der Waals surface area contributed by atoms with Gasteiger partial charge >= 0.3 is 0 Å². The van der Waals surface area contributed by atoms with E-state index in [1.165, 1.54) is 12.8 Å². The van der Waals surface area contributed by atoms with Crippen molar-refractivity contribution in [2.75, 3.05) is 0 Å². The second-order valence-corrected chi connectivity index (χ2v) is 7.36. The van der Waals surface area contributed by atoms with E-state index < -0.39 is 6.10 Å². The Morgan fingerprint density at radius 1 is 1.33 bits per heavy atom. The van der Waals surface area contributed by atoms with Crippen LogP contribution in [0.5, 0.6) is 0 Å². The van der Waals surface area contributed by atoms with Crippen LogP contribution in [0.2, 0.25) is 0 Å². The molecule has 18 heavy (non-hydrogen) atoms. The van der Waals surface area contributed by atoms with Crippen LogP contribution in [0.25, 0.3) is 0 Å². The van der Waals surface area contributed by atoms with E-state index >= 15 is 0 Å². The van der Waals surface area contributed by atoms with Crippen molar-refractivity contribution in [3.8, 4) is 0 Å². The molecule has 0 radical (unpaired) electrons. The average Bonchev–Trinajstić information content (AvgIpc) is 2.60. The van der Waals surface area contributed by atoms with Crippen LogP contribution in [0.1, 0.15) is 53.9 Å². The molecule has 1 amide bonds. The number of amides is 1. The number of aliphatic hydroxyl groups is 1. The first-order valence-electron chi connectivity index (χ1n) is 7.18. The number of carbonyl (C=O) groups excluding carboxylic acids is 1. The number of hydrogen-bond donors (Lipinski definition) is 2. The Labute approximate surface area is 110 Å². The highest BCUT2D eigenvalue weighted by Crippen LogP contribution is 2.65. The molecule has 2 aliphatic rings. The molecule has 0 aliphatic heterocycles. The van der Waals surface area contributed by atoms with Gasteiger partial charge in [0.25, 0.3) is 0 Å². The number of hydrogen-bond acceptors (Lipinski definition) is 2. The third-order valence-corrected chi connectivity index (χ3v) is 6.01. The van der Waals surface area contributed by atoms with E-state index in [9.17, 15) is 9.90 Å². The minimum atomic E-state index is -0.879. The fraction of sp³-hybridized carbons (Fsp3) is 0.933. The quantitative estimate of drug-likeness (QED) is 0.811. The highest BCUT2D eigenvalue weighted by atomic mass is 16.3. The molecule has 2 N–H and O–H groups in total. The highest BCUT2D eigenvalue weighted by Gasteiger charge is 2.61. The summed E-state index contributed by atoms with van der Waals surface area (Å²) in [7, 11) is 0. The fourth-order valence-electron chi connectivity index (χ4n) is 3.98. The summed E-state index contributed by atoms with van der Waals surface area (Å²) in [5, 5.41) is 12.9. The second-order valence-electron chi connectivity index (χ2n) is 7.36. The van der Waals surface area contributed by atoms with Gasteiger partial charge in [0.05, 0.1) is 0 Å². The normalized spacial score (nSPS) is 39.1. The Balaban J connectivity index is 2.07. The molecule has 0 aromatic rings. The summed E-state index contributed by atoms with van der Waals surface area (Å²) < 4.78 is 0. The van der Waals surface area contributed by atoms with Crippen molar-refractivity contribution in [2.24, 2.45) is 22.7 Å². The molecule has 0 spiro atoms. The molecule has 0 aromatic carbocycles. The molecule has 3 nitrogen and oxygen atoms in total. The van der Waals surface area contributed by atoms with Crippen LogP contribution in [0.15, 0.2) is 0 Å². The Kier molecular flexibility index (Phi) is 3.25. The van der Waals surface area contributed by atoms with E-state index in [1.54, 1.807) is 0 Å². The van der Waals surface area contributed by atoms with Crippen LogP contribution < -0.4 is 5.32 Å². The summed E-state index contributed by atoms with van der Waals surface area (Å²) in [5.74, 6) is 0.493. The van der Waals surface area contributed by atoms with Gasteiger partial charge in [-0.05, 0) is 41.9 Å². The average molecular weight is 253 g/mol. The van der Waals surface area contributed by atoms with Gasteiger partial charge in [-0.25, -0.2) is 0 Å². The summed E-state index contributed by atoms with van der Waals surface area (Å²) in [6.45, 7) is 10.7. The zero-order chi connectivity index (χ0) is 13.7. The van der Waals surface area contributed by atoms with E-state index in [-0.39, 0.29) is 23.3 Å². The van der Waals surface area contributed by atoms with Gasteiger partial charge in [-0.1, -0.05) is 34.6 Å². The first-order valence-corrected chi connectivity index (χ1v) is 7.18. The summed E-state index contributed by atoms with van der Waals surface area (Å²) in [6, 6.07) is 0.229. The fourth-order valence-corrected chi connectivity index (χ4v) is 3.98. The number of aliphatic hydroxyl groups excluding tert-OH is 1. The van der Waals surface area contributed by atoms with Gasteiger partial charge in [-0.2, -0.15) is 0 Å². The molecule has 2 aliphatic carbocycles. The summed E-state index contributed by atoms with van der Waals surface area (Å²) in [6.07, 6.45) is 2.66. The molecule has 0 aromatic heterocycles. The lowest BCUT2D eigenvalue weighted by Gasteiger charge is -2.39. The zero-order valence-electron chi connectivity index (χ0n) is 12.3. The van der Waals surface area contributed by atoms with Crippen LogP contribution in [-0.2, 0) is 4.79 Å². The van der Waals surface area contributed by atoms with Gasteiger partial charge in [-0.15, -0.1) is 0 Å². The molecule has 3 heteroatoms. The van der Waals surface area contributed by atoms with Crippen LogP contribution in [0.4, 0.5) is 0 Å². The molecule has 4 atom stereocenters. The maximum Gasteiger partial charge on any atom is 0.249 e. The largest absolute Gasteiger partial charge is 0.383 e. The van der Waals surface area contributed by atoms with Crippen molar-refractivity contribution < 1.29 is 9.90 Å². The van der Waals surface area contributed by atoms with Crippen LogP contribution >= 0.6 is 0 Å². The number of rotatable bonds is 3. The monoisotopic (exact) mass is 253 g/mol. The minimum absolute atomic E-state index is 0.0237. The zero-order valence-corrected chi connectivity index (χ0v) is 12.3. The van der Waals surface area contributed by atoms with Crippen molar-refractivity contribution in [3.63, 3.8) is 0 Å². The van der Waals surface area contributed by atoms with Gasteiger partial charge in [-0.3, -0.25) is 4.79 Å². The summed E-state index contributed by atoms with van der Waals surface area (Å²) in [4.78, 5) is 12.0. The van der Waals surface area contributed by atoms with Gasteiger partial charge in [0.15, 0.2) is 0 Å². The van der Waals surface area contributed by atoms with E-state index in [0.717, 1.165) is 6.42 Å². The third-order valence-electron chi connectivity index (χ3n) is 6.01. The molecular formula is C15H27NO2. The lowest BCUT2D eigenvalue weighted by molar-refractivity contribution is -0.133. The molecule has 3 unspecified atom stereocenters. The maximum absolute atomic E-state index is 12.0. The SMILES string of the molecule is CC(C)[C@H](O)C(=O)NC1CC2CCC1(C)C2(C)C. The van der Waals surface area contributed by atoms with E-state index in [0.29, 0.717) is 11.3 Å². The first-order chi connectivity index (χ1) is 8.20. The van der Waals surface area contributed by atoms with Crippen molar-refractivity contribution >= 4 is 5.91 Å². The summed E-state index contributed by atoms with van der Waals surface area (Å²) in [5.41, 5.74) is 0.484. The molecule has 2 rings (SSSR count). The lowest BCUT2D eigenvalue weighted by Crippen LogP contribution is -2.50. The van der Waals surface area contributed by atoms with Crippen molar-refractivity contribution in [1.82, 2.24) is 5.32 Å². The Morgan fingerprint density at radius 2 is 1.94 bits per heavy atom. The van der Waals surface area contributed by atoms with Gasteiger partial charge < -0.3 is 10.4 Å². The highest BCUT2D eigenvalue weighted by molar-refractivity contribution is 5.81. The Hall–Kier alpha value is -0.570. The predicted octanol–water partition coefficient (Wildman–Crippen LogP) is 2.33. The molecule has 0 heterocycles. The van der Waals surface area contributed by atoms with Crippen molar-refractivity contribution in [3.05, 3.63) is 0 Å². The Morgan fingerprint density at radius 3 is 2.33 bits per heavy atom. The number of fused-ring (bicyclic) bond motifs is 2. The standard InChI is InChI=1S/C15H27NO2/c1-9(2)12(17)13(18)16-11-8-10-6-7-15(11,5)14(10,3)4/h9-12,17H,6-8H2,1-5H3,(H,16,18)/t10?,11?,12-,15?/m0/s1.